The summed E-state index contributed by atoms with van der Waals surface area (Å²) in [5.74, 6) is -0.241. The minimum absolute atomic E-state index is 0.0995. The molecular formula is C22H28N4O4. The average molecular weight is 412 g/mol. The van der Waals surface area contributed by atoms with E-state index in [0.29, 0.717) is 32.1 Å². The van der Waals surface area contributed by atoms with Crippen molar-refractivity contribution in [3.05, 3.63) is 34.9 Å². The van der Waals surface area contributed by atoms with Crippen LogP contribution in [0.1, 0.15) is 47.2 Å². The van der Waals surface area contributed by atoms with Crippen molar-refractivity contribution >= 4 is 17.7 Å². The predicted octanol–water partition coefficient (Wildman–Crippen LogP) is 0.387. The summed E-state index contributed by atoms with van der Waals surface area (Å²) in [6, 6.07) is 5.39. The Morgan fingerprint density at radius 3 is 2.57 bits per heavy atom. The van der Waals surface area contributed by atoms with Crippen LogP contribution in [0.2, 0.25) is 0 Å². The number of fused-ring (bicyclic) bond motifs is 1. The molecule has 30 heavy (non-hydrogen) atoms. The SMILES string of the molecule is NC1(C2CCN(Cc3cccc4c3C(=O)N(C3CCC(=O)NC3=O)C4)CC2)COC1. The Morgan fingerprint density at radius 2 is 1.90 bits per heavy atom. The zero-order valence-corrected chi connectivity index (χ0v) is 17.1. The lowest BCUT2D eigenvalue weighted by molar-refractivity contribution is -0.136. The number of nitrogens with zero attached hydrogens (tertiary/aromatic N) is 2. The summed E-state index contributed by atoms with van der Waals surface area (Å²) in [6.45, 7) is 4.38. The number of imide groups is 1. The number of likely N-dealkylation sites (tertiary alicyclic amines) is 1. The van der Waals surface area contributed by atoms with E-state index in [4.69, 9.17) is 10.5 Å². The molecule has 0 saturated carbocycles. The van der Waals surface area contributed by atoms with Crippen LogP contribution in [0, 0.1) is 5.92 Å². The second-order valence-electron chi connectivity index (χ2n) is 9.13. The van der Waals surface area contributed by atoms with Gasteiger partial charge in [-0.15, -0.1) is 0 Å². The molecule has 1 unspecified atom stereocenters. The molecule has 3 saturated heterocycles. The third-order valence-electron chi connectivity index (χ3n) is 7.17. The van der Waals surface area contributed by atoms with Crippen LogP contribution in [-0.4, -0.2) is 65.4 Å². The Hall–Kier alpha value is -2.29. The zero-order chi connectivity index (χ0) is 20.9. The first-order valence-electron chi connectivity index (χ1n) is 10.8. The lowest BCUT2D eigenvalue weighted by atomic mass is 9.77. The summed E-state index contributed by atoms with van der Waals surface area (Å²) in [4.78, 5) is 41.0. The van der Waals surface area contributed by atoms with Crippen LogP contribution in [0.4, 0.5) is 0 Å². The molecule has 4 aliphatic rings. The minimum atomic E-state index is -0.573. The molecule has 0 aliphatic carbocycles. The maximum absolute atomic E-state index is 13.2. The first-order chi connectivity index (χ1) is 14.4. The lowest BCUT2D eigenvalue weighted by Crippen LogP contribution is -2.63. The molecule has 5 rings (SSSR count). The highest BCUT2D eigenvalue weighted by atomic mass is 16.5. The van der Waals surface area contributed by atoms with Gasteiger partial charge in [0, 0.05) is 25.1 Å². The summed E-state index contributed by atoms with van der Waals surface area (Å²) >= 11 is 0. The monoisotopic (exact) mass is 412 g/mol. The summed E-state index contributed by atoms with van der Waals surface area (Å²) < 4.78 is 5.32. The highest BCUT2D eigenvalue weighted by Crippen LogP contribution is 2.34. The summed E-state index contributed by atoms with van der Waals surface area (Å²) in [5.41, 5.74) is 8.98. The molecule has 0 spiro atoms. The number of hydrogen-bond donors (Lipinski definition) is 2. The van der Waals surface area contributed by atoms with Gasteiger partial charge in [0.2, 0.25) is 11.8 Å². The lowest BCUT2D eigenvalue weighted by Gasteiger charge is -2.47. The Labute approximate surface area is 175 Å². The van der Waals surface area contributed by atoms with E-state index in [9.17, 15) is 14.4 Å². The van der Waals surface area contributed by atoms with E-state index in [0.717, 1.165) is 49.2 Å². The molecule has 1 atom stereocenters. The number of ether oxygens (including phenoxy) is 1. The van der Waals surface area contributed by atoms with Gasteiger partial charge in [-0.1, -0.05) is 18.2 Å². The van der Waals surface area contributed by atoms with Crippen molar-refractivity contribution in [3.63, 3.8) is 0 Å². The molecule has 4 aliphatic heterocycles. The molecule has 1 aromatic rings. The van der Waals surface area contributed by atoms with Crippen molar-refractivity contribution in [1.29, 1.82) is 0 Å². The maximum atomic E-state index is 13.2. The third kappa shape index (κ3) is 3.33. The van der Waals surface area contributed by atoms with Gasteiger partial charge in [0.05, 0.1) is 18.8 Å². The van der Waals surface area contributed by atoms with Gasteiger partial charge in [-0.2, -0.15) is 0 Å². The molecule has 160 valence electrons. The fourth-order valence-electron chi connectivity index (χ4n) is 5.30. The van der Waals surface area contributed by atoms with Crippen molar-refractivity contribution in [2.45, 2.75) is 50.4 Å². The van der Waals surface area contributed by atoms with Gasteiger partial charge in [0.25, 0.3) is 5.91 Å². The normalized spacial score (nSPS) is 27.0. The van der Waals surface area contributed by atoms with Crippen molar-refractivity contribution in [3.8, 4) is 0 Å². The number of piperidine rings is 2. The van der Waals surface area contributed by atoms with E-state index >= 15 is 0 Å². The number of nitrogens with one attached hydrogen (secondary N) is 1. The van der Waals surface area contributed by atoms with Crippen molar-refractivity contribution in [1.82, 2.24) is 15.1 Å². The van der Waals surface area contributed by atoms with Crippen molar-refractivity contribution in [2.24, 2.45) is 11.7 Å². The molecule has 4 heterocycles. The Morgan fingerprint density at radius 1 is 1.13 bits per heavy atom. The third-order valence-corrected chi connectivity index (χ3v) is 7.17. The molecule has 3 amide bonds. The largest absolute Gasteiger partial charge is 0.377 e. The number of benzene rings is 1. The Balaban J connectivity index is 1.27. The first-order valence-corrected chi connectivity index (χ1v) is 10.8. The van der Waals surface area contributed by atoms with Gasteiger partial charge in [0.15, 0.2) is 0 Å². The van der Waals surface area contributed by atoms with Gasteiger partial charge in [-0.25, -0.2) is 0 Å². The number of carbonyl (C=O) groups is 3. The van der Waals surface area contributed by atoms with Crippen LogP contribution in [0.5, 0.6) is 0 Å². The highest BCUT2D eigenvalue weighted by molar-refractivity contribution is 6.05. The Bertz CT molecular complexity index is 889. The van der Waals surface area contributed by atoms with E-state index in [1.165, 1.54) is 0 Å². The first kappa shape index (κ1) is 19.7. The van der Waals surface area contributed by atoms with Crippen LogP contribution >= 0.6 is 0 Å². The van der Waals surface area contributed by atoms with Crippen molar-refractivity contribution < 1.29 is 19.1 Å². The van der Waals surface area contributed by atoms with Crippen molar-refractivity contribution in [2.75, 3.05) is 26.3 Å². The molecular weight excluding hydrogens is 384 g/mol. The molecule has 8 nitrogen and oxygen atoms in total. The topological polar surface area (TPSA) is 105 Å². The molecule has 0 bridgehead atoms. The summed E-state index contributed by atoms with van der Waals surface area (Å²) in [5, 5.41) is 2.36. The maximum Gasteiger partial charge on any atom is 0.255 e. The van der Waals surface area contributed by atoms with E-state index in [2.05, 4.69) is 10.2 Å². The van der Waals surface area contributed by atoms with E-state index < -0.39 is 6.04 Å². The molecule has 3 fully saturated rings. The van der Waals surface area contributed by atoms with Crippen LogP contribution in [0.15, 0.2) is 18.2 Å². The van der Waals surface area contributed by atoms with Crippen LogP contribution in [-0.2, 0) is 27.4 Å². The number of amides is 3. The minimum Gasteiger partial charge on any atom is -0.377 e. The second-order valence-corrected chi connectivity index (χ2v) is 9.13. The quantitative estimate of drug-likeness (QED) is 0.693. The summed E-state index contributed by atoms with van der Waals surface area (Å²) in [6.07, 6.45) is 2.75. The summed E-state index contributed by atoms with van der Waals surface area (Å²) in [7, 11) is 0. The molecule has 8 heteroatoms. The fraction of sp³-hybridized carbons (Fsp3) is 0.591. The van der Waals surface area contributed by atoms with E-state index in [1.54, 1.807) is 4.90 Å². The van der Waals surface area contributed by atoms with Crippen LogP contribution < -0.4 is 11.1 Å². The zero-order valence-electron chi connectivity index (χ0n) is 17.1. The molecule has 0 aromatic heterocycles. The molecule has 0 radical (unpaired) electrons. The van der Waals surface area contributed by atoms with Gasteiger partial charge >= 0.3 is 0 Å². The van der Waals surface area contributed by atoms with Gasteiger partial charge in [-0.3, -0.25) is 24.6 Å². The Kier molecular flexibility index (Phi) is 4.88. The number of hydrogen-bond acceptors (Lipinski definition) is 6. The smallest absolute Gasteiger partial charge is 0.255 e. The fourth-order valence-corrected chi connectivity index (χ4v) is 5.30. The highest BCUT2D eigenvalue weighted by Gasteiger charge is 2.43. The van der Waals surface area contributed by atoms with Crippen LogP contribution in [0.3, 0.4) is 0 Å². The number of nitrogens with two attached hydrogens (primary N) is 1. The number of carbonyl (C=O) groups excluding carboxylic acids is 3. The van der Waals surface area contributed by atoms with Gasteiger partial charge in [-0.05, 0) is 49.4 Å². The van der Waals surface area contributed by atoms with Crippen LogP contribution in [0.25, 0.3) is 0 Å². The molecule has 3 N–H and O–H groups in total. The molecule has 1 aromatic carbocycles. The second kappa shape index (κ2) is 7.44. The van der Waals surface area contributed by atoms with Gasteiger partial charge < -0.3 is 15.4 Å². The van der Waals surface area contributed by atoms with E-state index in [-0.39, 0.29) is 29.7 Å². The average Bonchev–Trinajstić information content (AvgIpc) is 3.04. The predicted molar refractivity (Wildman–Crippen MR) is 108 cm³/mol. The van der Waals surface area contributed by atoms with Gasteiger partial charge in [0.1, 0.15) is 6.04 Å². The standard InChI is InChI=1S/C22H28N4O4/c23-22(12-30-13-22)16-6-8-25(9-7-16)10-14-2-1-3-15-11-26(21(29)19(14)15)17-4-5-18(27)24-20(17)28/h1-3,16-17H,4-13,23H2,(H,24,27,28). The van der Waals surface area contributed by atoms with E-state index in [1.807, 2.05) is 18.2 Å². The number of rotatable bonds is 4.